The van der Waals surface area contributed by atoms with Crippen molar-refractivity contribution in [1.29, 1.82) is 0 Å². The van der Waals surface area contributed by atoms with Gasteiger partial charge in [-0.05, 0) is 31.0 Å². The van der Waals surface area contributed by atoms with Gasteiger partial charge in [0.15, 0.2) is 0 Å². The summed E-state index contributed by atoms with van der Waals surface area (Å²) in [6, 6.07) is 4.46. The molecule has 106 valence electrons. The third-order valence-corrected chi connectivity index (χ3v) is 2.95. The topological polar surface area (TPSA) is 54.0 Å². The van der Waals surface area contributed by atoms with Crippen molar-refractivity contribution in [3.63, 3.8) is 0 Å². The molecule has 1 heterocycles. The highest BCUT2D eigenvalue weighted by Gasteiger charge is 2.05. The summed E-state index contributed by atoms with van der Waals surface area (Å²) >= 11 is 0. The molecule has 19 heavy (non-hydrogen) atoms. The van der Waals surface area contributed by atoms with Crippen molar-refractivity contribution < 1.29 is 4.79 Å². The van der Waals surface area contributed by atoms with Crippen LogP contribution in [0.25, 0.3) is 0 Å². The van der Waals surface area contributed by atoms with E-state index in [4.69, 9.17) is 0 Å². The summed E-state index contributed by atoms with van der Waals surface area (Å²) in [6.07, 6.45) is 4.14. The predicted molar refractivity (Wildman–Crippen MR) is 77.8 cm³/mol. The monoisotopic (exact) mass is 263 g/mol. The number of aromatic nitrogens is 1. The number of nitrogens with zero attached hydrogens (tertiary/aromatic N) is 1. The van der Waals surface area contributed by atoms with Crippen molar-refractivity contribution in [2.75, 3.05) is 6.54 Å². The van der Waals surface area contributed by atoms with E-state index in [1.54, 1.807) is 6.20 Å². The van der Waals surface area contributed by atoms with E-state index in [-0.39, 0.29) is 5.91 Å². The molecule has 2 N–H and O–H groups in total. The number of hydrogen-bond acceptors (Lipinski definition) is 3. The number of carbonyl (C=O) groups excluding carboxylic acids is 1. The number of hydrogen-bond donors (Lipinski definition) is 2. The van der Waals surface area contributed by atoms with Crippen LogP contribution in [0.5, 0.6) is 0 Å². The van der Waals surface area contributed by atoms with Crippen LogP contribution in [0.4, 0.5) is 0 Å². The van der Waals surface area contributed by atoms with E-state index >= 15 is 0 Å². The van der Waals surface area contributed by atoms with Crippen LogP contribution in [-0.4, -0.2) is 23.5 Å². The Kier molecular flexibility index (Phi) is 7.11. The maximum atomic E-state index is 11.7. The van der Waals surface area contributed by atoms with Crippen LogP contribution < -0.4 is 10.6 Å². The van der Waals surface area contributed by atoms with E-state index in [0.717, 1.165) is 25.1 Å². The molecule has 0 aliphatic heterocycles. The van der Waals surface area contributed by atoms with Gasteiger partial charge >= 0.3 is 0 Å². The Bertz CT molecular complexity index is 391. The number of pyridine rings is 1. The maximum absolute atomic E-state index is 11.7. The normalized spacial score (nSPS) is 10.7. The van der Waals surface area contributed by atoms with Crippen LogP contribution in [0.1, 0.15) is 44.9 Å². The molecule has 0 atom stereocenters. The van der Waals surface area contributed by atoms with Gasteiger partial charge in [0.1, 0.15) is 0 Å². The van der Waals surface area contributed by atoms with Gasteiger partial charge in [-0.1, -0.05) is 26.8 Å². The molecule has 0 bridgehead atoms. The Hall–Kier alpha value is -1.42. The summed E-state index contributed by atoms with van der Waals surface area (Å²) in [5.74, 6) is 0.0956. The molecule has 0 aliphatic rings. The highest BCUT2D eigenvalue weighted by Crippen LogP contribution is 2.05. The van der Waals surface area contributed by atoms with Gasteiger partial charge in [0.2, 0.25) is 5.91 Å². The van der Waals surface area contributed by atoms with E-state index in [0.29, 0.717) is 19.0 Å². The predicted octanol–water partition coefficient (Wildman–Crippen LogP) is 2.04. The van der Waals surface area contributed by atoms with Crippen LogP contribution in [0.3, 0.4) is 0 Å². The van der Waals surface area contributed by atoms with Gasteiger partial charge in [0, 0.05) is 18.7 Å². The Morgan fingerprint density at radius 2 is 2.21 bits per heavy atom. The molecule has 0 spiro atoms. The summed E-state index contributed by atoms with van der Waals surface area (Å²) in [5.41, 5.74) is 2.17. The molecule has 1 amide bonds. The molecule has 0 saturated heterocycles. The van der Waals surface area contributed by atoms with Crippen LogP contribution in [-0.2, 0) is 17.8 Å². The molecule has 1 aromatic heterocycles. The highest BCUT2D eigenvalue weighted by atomic mass is 16.1. The van der Waals surface area contributed by atoms with Crippen molar-refractivity contribution in [3.05, 3.63) is 29.6 Å². The summed E-state index contributed by atoms with van der Waals surface area (Å²) in [6.45, 7) is 7.72. The second kappa shape index (κ2) is 8.64. The SMILES string of the molecule is CCc1cccnc1CNC(=O)CCCNC(C)C. The second-order valence-corrected chi connectivity index (χ2v) is 4.95. The number of carbonyl (C=O) groups is 1. The highest BCUT2D eigenvalue weighted by molar-refractivity contribution is 5.75. The minimum atomic E-state index is 0.0956. The third kappa shape index (κ3) is 6.34. The van der Waals surface area contributed by atoms with Crippen molar-refractivity contribution in [1.82, 2.24) is 15.6 Å². The molecule has 0 aliphatic carbocycles. The maximum Gasteiger partial charge on any atom is 0.220 e. The first-order valence-electron chi connectivity index (χ1n) is 7.06. The molecular formula is C15H25N3O. The lowest BCUT2D eigenvalue weighted by Crippen LogP contribution is -2.27. The lowest BCUT2D eigenvalue weighted by molar-refractivity contribution is -0.121. The zero-order valence-electron chi connectivity index (χ0n) is 12.2. The first kappa shape index (κ1) is 15.6. The van der Waals surface area contributed by atoms with E-state index in [2.05, 4.69) is 42.5 Å². The Labute approximate surface area is 116 Å². The molecular weight excluding hydrogens is 238 g/mol. The summed E-state index contributed by atoms with van der Waals surface area (Å²) in [7, 11) is 0. The molecule has 0 fully saturated rings. The van der Waals surface area contributed by atoms with Gasteiger partial charge in [-0.25, -0.2) is 0 Å². The fraction of sp³-hybridized carbons (Fsp3) is 0.600. The van der Waals surface area contributed by atoms with Crippen LogP contribution >= 0.6 is 0 Å². The van der Waals surface area contributed by atoms with E-state index in [9.17, 15) is 4.79 Å². The Balaban J connectivity index is 2.26. The molecule has 1 rings (SSSR count). The average Bonchev–Trinajstić information content (AvgIpc) is 2.41. The van der Waals surface area contributed by atoms with E-state index < -0.39 is 0 Å². The van der Waals surface area contributed by atoms with Gasteiger partial charge in [0.05, 0.1) is 12.2 Å². The van der Waals surface area contributed by atoms with Gasteiger partial charge in [0.25, 0.3) is 0 Å². The molecule has 0 aromatic carbocycles. The fourth-order valence-electron chi connectivity index (χ4n) is 1.86. The Morgan fingerprint density at radius 3 is 2.89 bits per heavy atom. The van der Waals surface area contributed by atoms with E-state index in [1.807, 2.05) is 6.07 Å². The Morgan fingerprint density at radius 1 is 1.42 bits per heavy atom. The standard InChI is InChI=1S/C15H25N3O/c1-4-13-7-5-10-17-14(13)11-18-15(19)8-6-9-16-12(2)3/h5,7,10,12,16H,4,6,8-9,11H2,1-3H3,(H,18,19). The quantitative estimate of drug-likeness (QED) is 0.706. The van der Waals surface area contributed by atoms with Crippen LogP contribution in [0.2, 0.25) is 0 Å². The van der Waals surface area contributed by atoms with E-state index in [1.165, 1.54) is 5.56 Å². The van der Waals surface area contributed by atoms with Crippen LogP contribution in [0.15, 0.2) is 18.3 Å². The largest absolute Gasteiger partial charge is 0.350 e. The van der Waals surface area contributed by atoms with Crippen LogP contribution in [0, 0.1) is 0 Å². The van der Waals surface area contributed by atoms with Gasteiger partial charge in [-0.15, -0.1) is 0 Å². The summed E-state index contributed by atoms with van der Waals surface area (Å²) in [5, 5.41) is 6.23. The molecule has 0 saturated carbocycles. The van der Waals surface area contributed by atoms with Crippen molar-refractivity contribution in [3.8, 4) is 0 Å². The van der Waals surface area contributed by atoms with Crippen molar-refractivity contribution >= 4 is 5.91 Å². The number of aryl methyl sites for hydroxylation is 1. The zero-order chi connectivity index (χ0) is 14.1. The molecule has 0 radical (unpaired) electrons. The molecule has 0 unspecified atom stereocenters. The lowest BCUT2D eigenvalue weighted by Gasteiger charge is -2.09. The summed E-state index contributed by atoms with van der Waals surface area (Å²) in [4.78, 5) is 16.0. The minimum absolute atomic E-state index is 0.0956. The number of rotatable bonds is 8. The number of nitrogens with one attached hydrogen (secondary N) is 2. The average molecular weight is 263 g/mol. The molecule has 4 nitrogen and oxygen atoms in total. The van der Waals surface area contributed by atoms with Gasteiger partial charge < -0.3 is 10.6 Å². The summed E-state index contributed by atoms with van der Waals surface area (Å²) < 4.78 is 0. The minimum Gasteiger partial charge on any atom is -0.350 e. The van der Waals surface area contributed by atoms with Gasteiger partial charge in [-0.3, -0.25) is 9.78 Å². The first-order chi connectivity index (χ1) is 9.13. The smallest absolute Gasteiger partial charge is 0.220 e. The molecule has 1 aromatic rings. The third-order valence-electron chi connectivity index (χ3n) is 2.95. The van der Waals surface area contributed by atoms with Crippen molar-refractivity contribution in [2.24, 2.45) is 0 Å². The second-order valence-electron chi connectivity index (χ2n) is 4.95. The lowest BCUT2D eigenvalue weighted by atomic mass is 10.1. The number of amides is 1. The first-order valence-corrected chi connectivity index (χ1v) is 7.06. The fourth-order valence-corrected chi connectivity index (χ4v) is 1.86. The zero-order valence-corrected chi connectivity index (χ0v) is 12.2. The van der Waals surface area contributed by atoms with Crippen molar-refractivity contribution in [2.45, 2.75) is 52.6 Å². The van der Waals surface area contributed by atoms with Gasteiger partial charge in [-0.2, -0.15) is 0 Å². The molecule has 4 heteroatoms.